The number of nitrogens with zero attached hydrogens (tertiary/aromatic N) is 2. The van der Waals surface area contributed by atoms with Crippen LogP contribution in [0.5, 0.6) is 0 Å². The zero-order chi connectivity index (χ0) is 14.3. The molecule has 0 spiro atoms. The largest absolute Gasteiger partial charge is 0.403 e. The highest BCUT2D eigenvalue weighted by atomic mass is 16.6. The van der Waals surface area contributed by atoms with Crippen LogP contribution < -0.4 is 11.1 Å². The number of nitrogens with two attached hydrogens (primary N) is 1. The van der Waals surface area contributed by atoms with Gasteiger partial charge >= 0.3 is 0 Å². The molecule has 0 bridgehead atoms. The van der Waals surface area contributed by atoms with Gasteiger partial charge in [0.15, 0.2) is 5.82 Å². The fourth-order valence-electron chi connectivity index (χ4n) is 1.77. The Labute approximate surface area is 113 Å². The number of nitrogens with one attached hydrogen (secondary N) is 1. The van der Waals surface area contributed by atoms with E-state index in [1.807, 2.05) is 24.0 Å². The van der Waals surface area contributed by atoms with Gasteiger partial charge in [0.25, 0.3) is 6.20 Å². The van der Waals surface area contributed by atoms with Crippen molar-refractivity contribution < 1.29 is 4.92 Å². The molecule has 6 nitrogen and oxygen atoms in total. The minimum atomic E-state index is -0.446. The highest BCUT2D eigenvalue weighted by Gasteiger charge is 2.19. The van der Waals surface area contributed by atoms with E-state index < -0.39 is 4.92 Å². The van der Waals surface area contributed by atoms with Crippen molar-refractivity contribution in [1.82, 2.24) is 10.2 Å². The molecule has 104 valence electrons. The van der Waals surface area contributed by atoms with E-state index in [1.54, 1.807) is 6.08 Å². The Bertz CT molecular complexity index is 434. The van der Waals surface area contributed by atoms with Crippen molar-refractivity contribution >= 4 is 0 Å². The first-order chi connectivity index (χ1) is 9.02. The van der Waals surface area contributed by atoms with E-state index >= 15 is 0 Å². The monoisotopic (exact) mass is 264 g/mol. The SMILES string of the molecule is C=C/C(=C/C/C=C(/C)N)CN1CCN/C1=C\[N+](=O)[O-]. The zero-order valence-electron chi connectivity index (χ0n) is 11.1. The lowest BCUT2D eigenvalue weighted by Crippen LogP contribution is -2.23. The first kappa shape index (κ1) is 14.8. The Morgan fingerprint density at radius 2 is 2.37 bits per heavy atom. The van der Waals surface area contributed by atoms with Gasteiger partial charge in [-0.1, -0.05) is 24.8 Å². The van der Waals surface area contributed by atoms with Gasteiger partial charge in [-0.05, 0) is 18.9 Å². The van der Waals surface area contributed by atoms with Gasteiger partial charge in [0.05, 0.1) is 4.92 Å². The smallest absolute Gasteiger partial charge is 0.274 e. The number of rotatable bonds is 6. The van der Waals surface area contributed by atoms with E-state index in [0.29, 0.717) is 18.9 Å². The molecule has 1 rings (SSSR count). The molecule has 1 heterocycles. The summed E-state index contributed by atoms with van der Waals surface area (Å²) in [7, 11) is 0. The second kappa shape index (κ2) is 7.25. The Morgan fingerprint density at radius 3 is 2.95 bits per heavy atom. The summed E-state index contributed by atoms with van der Waals surface area (Å²) in [4.78, 5) is 12.0. The predicted molar refractivity (Wildman–Crippen MR) is 75.5 cm³/mol. The van der Waals surface area contributed by atoms with Crippen molar-refractivity contribution in [1.29, 1.82) is 0 Å². The fourth-order valence-corrected chi connectivity index (χ4v) is 1.77. The standard InChI is InChI=1S/C13H20N4O2/c1-3-12(6-4-5-11(2)14)9-16-8-7-15-13(16)10-17(18)19/h3,5-6,10,15H,1,4,7-9,14H2,2H3/b11-5-,12-6-,13-10+. The Morgan fingerprint density at radius 1 is 1.63 bits per heavy atom. The van der Waals surface area contributed by atoms with Gasteiger partial charge in [-0.25, -0.2) is 0 Å². The third-order valence-corrected chi connectivity index (χ3v) is 2.71. The molecular formula is C13H20N4O2. The van der Waals surface area contributed by atoms with Crippen molar-refractivity contribution in [3.05, 3.63) is 58.2 Å². The number of nitro groups is 1. The summed E-state index contributed by atoms with van der Waals surface area (Å²) in [5, 5.41) is 13.5. The van der Waals surface area contributed by atoms with Crippen LogP contribution in [0.2, 0.25) is 0 Å². The van der Waals surface area contributed by atoms with Crippen LogP contribution in [0.3, 0.4) is 0 Å². The minimum Gasteiger partial charge on any atom is -0.403 e. The van der Waals surface area contributed by atoms with E-state index in [4.69, 9.17) is 5.73 Å². The lowest BCUT2D eigenvalue weighted by molar-refractivity contribution is -0.404. The van der Waals surface area contributed by atoms with Crippen molar-refractivity contribution in [3.63, 3.8) is 0 Å². The van der Waals surface area contributed by atoms with Crippen molar-refractivity contribution in [2.75, 3.05) is 19.6 Å². The van der Waals surface area contributed by atoms with Gasteiger partial charge in [-0.2, -0.15) is 0 Å². The first-order valence-corrected chi connectivity index (χ1v) is 6.10. The molecular weight excluding hydrogens is 244 g/mol. The predicted octanol–water partition coefficient (Wildman–Crippen LogP) is 1.33. The Hall–Kier alpha value is -2.24. The van der Waals surface area contributed by atoms with Gasteiger partial charge in [0.2, 0.25) is 0 Å². The van der Waals surface area contributed by atoms with Crippen molar-refractivity contribution in [2.45, 2.75) is 13.3 Å². The number of hydrogen-bond donors (Lipinski definition) is 2. The second-order valence-electron chi connectivity index (χ2n) is 4.32. The number of hydrogen-bond acceptors (Lipinski definition) is 5. The highest BCUT2D eigenvalue weighted by Crippen LogP contribution is 2.11. The Kier molecular flexibility index (Phi) is 5.66. The molecule has 0 atom stereocenters. The molecule has 0 aliphatic carbocycles. The van der Waals surface area contributed by atoms with Crippen LogP contribution in [0, 0.1) is 10.1 Å². The quantitative estimate of drug-likeness (QED) is 0.429. The summed E-state index contributed by atoms with van der Waals surface area (Å²) in [6.07, 6.45) is 7.43. The summed E-state index contributed by atoms with van der Waals surface area (Å²) in [6, 6.07) is 0. The molecule has 0 aromatic rings. The van der Waals surface area contributed by atoms with Crippen LogP contribution >= 0.6 is 0 Å². The van der Waals surface area contributed by atoms with Crippen LogP contribution in [-0.4, -0.2) is 29.5 Å². The van der Waals surface area contributed by atoms with Crippen LogP contribution in [0.25, 0.3) is 0 Å². The lowest BCUT2D eigenvalue weighted by Gasteiger charge is -2.17. The van der Waals surface area contributed by atoms with Gasteiger partial charge in [-0.3, -0.25) is 10.1 Å². The van der Waals surface area contributed by atoms with Gasteiger partial charge in [-0.15, -0.1) is 0 Å². The maximum atomic E-state index is 10.5. The molecule has 19 heavy (non-hydrogen) atoms. The molecule has 1 saturated heterocycles. The minimum absolute atomic E-state index is 0.446. The van der Waals surface area contributed by atoms with Crippen LogP contribution in [-0.2, 0) is 0 Å². The van der Waals surface area contributed by atoms with E-state index in [9.17, 15) is 10.1 Å². The molecule has 0 unspecified atom stereocenters. The molecule has 0 aromatic heterocycles. The molecule has 0 saturated carbocycles. The third-order valence-electron chi connectivity index (χ3n) is 2.71. The van der Waals surface area contributed by atoms with E-state index in [-0.39, 0.29) is 0 Å². The highest BCUT2D eigenvalue weighted by molar-refractivity contribution is 5.21. The maximum Gasteiger partial charge on any atom is 0.274 e. The molecule has 0 aromatic carbocycles. The first-order valence-electron chi connectivity index (χ1n) is 6.10. The molecule has 3 N–H and O–H groups in total. The van der Waals surface area contributed by atoms with Crippen LogP contribution in [0.15, 0.2) is 48.1 Å². The van der Waals surface area contributed by atoms with Gasteiger partial charge in [0.1, 0.15) is 0 Å². The summed E-state index contributed by atoms with van der Waals surface area (Å²) < 4.78 is 0. The lowest BCUT2D eigenvalue weighted by atomic mass is 10.2. The number of allylic oxidation sites excluding steroid dienone is 3. The summed E-state index contributed by atoms with van der Waals surface area (Å²) in [6.45, 7) is 7.67. The summed E-state index contributed by atoms with van der Waals surface area (Å²) >= 11 is 0. The van der Waals surface area contributed by atoms with E-state index in [1.165, 1.54) is 0 Å². The normalized spacial score (nSPS) is 18.6. The molecule has 1 fully saturated rings. The van der Waals surface area contributed by atoms with Crippen molar-refractivity contribution in [3.8, 4) is 0 Å². The Balaban J connectivity index is 2.67. The molecule has 0 amide bonds. The van der Waals surface area contributed by atoms with Gasteiger partial charge in [0, 0.05) is 25.3 Å². The maximum absolute atomic E-state index is 10.5. The molecule has 1 aliphatic heterocycles. The van der Waals surface area contributed by atoms with Gasteiger partial charge < -0.3 is 16.0 Å². The second-order valence-corrected chi connectivity index (χ2v) is 4.32. The zero-order valence-corrected chi connectivity index (χ0v) is 11.1. The molecule has 1 aliphatic rings. The van der Waals surface area contributed by atoms with Crippen LogP contribution in [0.1, 0.15) is 13.3 Å². The van der Waals surface area contributed by atoms with Crippen LogP contribution in [0.4, 0.5) is 0 Å². The summed E-state index contributed by atoms with van der Waals surface area (Å²) in [5.74, 6) is 0.545. The summed E-state index contributed by atoms with van der Waals surface area (Å²) in [5.41, 5.74) is 7.36. The van der Waals surface area contributed by atoms with E-state index in [0.717, 1.165) is 30.4 Å². The fraction of sp³-hybridized carbons (Fsp3) is 0.385. The topological polar surface area (TPSA) is 84.4 Å². The van der Waals surface area contributed by atoms with E-state index in [2.05, 4.69) is 11.9 Å². The average molecular weight is 264 g/mol. The molecule has 6 heteroatoms. The van der Waals surface area contributed by atoms with Crippen molar-refractivity contribution in [2.24, 2.45) is 5.73 Å². The molecule has 0 radical (unpaired) electrons. The average Bonchev–Trinajstić information content (AvgIpc) is 2.74. The third kappa shape index (κ3) is 5.29.